The van der Waals surface area contributed by atoms with Crippen molar-refractivity contribution in [3.8, 4) is 0 Å². The van der Waals surface area contributed by atoms with Gasteiger partial charge in [0.05, 0.1) is 36.6 Å². The first-order chi connectivity index (χ1) is 11.5. The number of carbonyl (C=O) groups excluding carboxylic acids is 1. The van der Waals surface area contributed by atoms with E-state index in [4.69, 9.17) is 5.11 Å². The molecule has 0 saturated carbocycles. The minimum Gasteiger partial charge on any atom is -0.393 e. The molecule has 0 saturated heterocycles. The molecule has 0 unspecified atom stereocenters. The third-order valence-electron chi connectivity index (χ3n) is 4.07. The molecular formula is C16H21N5O3. The predicted molar refractivity (Wildman–Crippen MR) is 87.6 cm³/mol. The zero-order valence-electron chi connectivity index (χ0n) is 13.8. The van der Waals surface area contributed by atoms with Crippen LogP contribution in [0, 0.1) is 0 Å². The third kappa shape index (κ3) is 3.10. The van der Waals surface area contributed by atoms with Gasteiger partial charge in [0.2, 0.25) is 0 Å². The number of amides is 1. The minimum absolute atomic E-state index is 0.0792. The standard InChI is InChI=1S/C16H21N5O3/c1-19(2)15-4-3-11(8-17-15)16(24)20-5-6-21-12(9-20)7-13(18-21)14(23)10-22/h3-4,7-8,14,22-23H,5-6,9-10H2,1-2H3/t14-/m0/s1. The summed E-state index contributed by atoms with van der Waals surface area (Å²) in [5.41, 5.74) is 1.82. The van der Waals surface area contributed by atoms with Crippen molar-refractivity contribution < 1.29 is 15.0 Å². The van der Waals surface area contributed by atoms with Crippen LogP contribution in [-0.2, 0) is 13.1 Å². The number of hydrogen-bond donors (Lipinski definition) is 2. The number of anilines is 1. The quantitative estimate of drug-likeness (QED) is 0.821. The van der Waals surface area contributed by atoms with E-state index in [2.05, 4.69) is 10.1 Å². The summed E-state index contributed by atoms with van der Waals surface area (Å²) >= 11 is 0. The minimum atomic E-state index is -0.991. The highest BCUT2D eigenvalue weighted by molar-refractivity contribution is 5.94. The normalized spacial score (nSPS) is 15.1. The highest BCUT2D eigenvalue weighted by Gasteiger charge is 2.24. The second kappa shape index (κ2) is 6.58. The van der Waals surface area contributed by atoms with Crippen LogP contribution in [0.5, 0.6) is 0 Å². The Morgan fingerprint density at radius 3 is 2.79 bits per heavy atom. The van der Waals surface area contributed by atoms with Crippen molar-refractivity contribution in [3.63, 3.8) is 0 Å². The maximum atomic E-state index is 12.6. The smallest absolute Gasteiger partial charge is 0.255 e. The van der Waals surface area contributed by atoms with Gasteiger partial charge >= 0.3 is 0 Å². The fourth-order valence-electron chi connectivity index (χ4n) is 2.68. The van der Waals surface area contributed by atoms with E-state index < -0.39 is 6.10 Å². The van der Waals surface area contributed by atoms with E-state index >= 15 is 0 Å². The topological polar surface area (TPSA) is 94.7 Å². The maximum Gasteiger partial charge on any atom is 0.255 e. The van der Waals surface area contributed by atoms with Crippen LogP contribution in [0.2, 0.25) is 0 Å². The highest BCUT2D eigenvalue weighted by atomic mass is 16.3. The number of hydrogen-bond acceptors (Lipinski definition) is 6. The molecule has 1 aliphatic heterocycles. The molecule has 0 radical (unpaired) electrons. The fraction of sp³-hybridized carbons (Fsp3) is 0.438. The number of fused-ring (bicyclic) bond motifs is 1. The summed E-state index contributed by atoms with van der Waals surface area (Å²) in [4.78, 5) is 20.5. The number of aliphatic hydroxyl groups excluding tert-OH is 2. The Bertz CT molecular complexity index is 726. The van der Waals surface area contributed by atoms with Crippen molar-refractivity contribution in [2.45, 2.75) is 19.2 Å². The zero-order valence-corrected chi connectivity index (χ0v) is 13.8. The summed E-state index contributed by atoms with van der Waals surface area (Å²) < 4.78 is 1.77. The molecule has 0 bridgehead atoms. The summed E-state index contributed by atoms with van der Waals surface area (Å²) in [6.07, 6.45) is 0.597. The molecule has 8 nitrogen and oxygen atoms in total. The first-order valence-corrected chi connectivity index (χ1v) is 7.78. The van der Waals surface area contributed by atoms with Crippen molar-refractivity contribution in [3.05, 3.63) is 41.3 Å². The molecule has 8 heteroatoms. The van der Waals surface area contributed by atoms with Crippen molar-refractivity contribution in [1.82, 2.24) is 19.7 Å². The number of pyridine rings is 1. The Morgan fingerprint density at radius 2 is 2.17 bits per heavy atom. The number of nitrogens with zero attached hydrogens (tertiary/aromatic N) is 5. The van der Waals surface area contributed by atoms with E-state index in [1.165, 1.54) is 0 Å². The number of rotatable bonds is 4. The van der Waals surface area contributed by atoms with Gasteiger partial charge in [0, 0.05) is 26.8 Å². The highest BCUT2D eigenvalue weighted by Crippen LogP contribution is 2.20. The van der Waals surface area contributed by atoms with Gasteiger partial charge in [-0.15, -0.1) is 0 Å². The molecule has 3 heterocycles. The Kier molecular flexibility index (Phi) is 4.50. The van der Waals surface area contributed by atoms with Crippen LogP contribution in [0.4, 0.5) is 5.82 Å². The average molecular weight is 331 g/mol. The number of aromatic nitrogens is 3. The summed E-state index contributed by atoms with van der Waals surface area (Å²) in [6.45, 7) is 1.14. The Morgan fingerprint density at radius 1 is 1.38 bits per heavy atom. The zero-order chi connectivity index (χ0) is 17.3. The SMILES string of the molecule is CN(C)c1ccc(C(=O)N2CCn3nc([C@@H](O)CO)cc3C2)cn1. The van der Waals surface area contributed by atoms with Crippen molar-refractivity contribution in [2.75, 3.05) is 32.1 Å². The lowest BCUT2D eigenvalue weighted by molar-refractivity contribution is 0.0704. The van der Waals surface area contributed by atoms with Crippen LogP contribution in [0.15, 0.2) is 24.4 Å². The van der Waals surface area contributed by atoms with E-state index in [0.29, 0.717) is 30.9 Å². The van der Waals surface area contributed by atoms with Crippen LogP contribution in [0.1, 0.15) is 27.8 Å². The molecule has 0 aliphatic carbocycles. The van der Waals surface area contributed by atoms with Gasteiger partial charge in [0.25, 0.3) is 5.91 Å². The summed E-state index contributed by atoms with van der Waals surface area (Å²) in [6, 6.07) is 5.32. The molecule has 0 aromatic carbocycles. The van der Waals surface area contributed by atoms with E-state index in [9.17, 15) is 9.90 Å². The number of carbonyl (C=O) groups is 1. The molecule has 24 heavy (non-hydrogen) atoms. The summed E-state index contributed by atoms with van der Waals surface area (Å²) in [5.74, 6) is 0.718. The summed E-state index contributed by atoms with van der Waals surface area (Å²) in [7, 11) is 3.79. The van der Waals surface area contributed by atoms with Gasteiger partial charge in [-0.2, -0.15) is 5.10 Å². The van der Waals surface area contributed by atoms with Gasteiger partial charge in [-0.05, 0) is 18.2 Å². The molecule has 0 fully saturated rings. The van der Waals surface area contributed by atoms with E-state index in [1.54, 1.807) is 27.9 Å². The van der Waals surface area contributed by atoms with Crippen LogP contribution in [0.3, 0.4) is 0 Å². The second-order valence-electron chi connectivity index (χ2n) is 6.01. The molecule has 1 amide bonds. The largest absolute Gasteiger partial charge is 0.393 e. The maximum absolute atomic E-state index is 12.6. The van der Waals surface area contributed by atoms with Gasteiger partial charge in [-0.25, -0.2) is 4.98 Å². The molecule has 0 spiro atoms. The van der Waals surface area contributed by atoms with Crippen LogP contribution in [-0.4, -0.2) is 63.0 Å². The average Bonchev–Trinajstić information content (AvgIpc) is 3.03. The van der Waals surface area contributed by atoms with Gasteiger partial charge in [-0.3, -0.25) is 9.48 Å². The Balaban J connectivity index is 1.74. The Hall–Kier alpha value is -2.45. The van der Waals surface area contributed by atoms with E-state index in [-0.39, 0.29) is 12.5 Å². The van der Waals surface area contributed by atoms with Crippen LogP contribution < -0.4 is 4.90 Å². The molecule has 128 valence electrons. The van der Waals surface area contributed by atoms with E-state index in [1.807, 2.05) is 25.1 Å². The van der Waals surface area contributed by atoms with Gasteiger partial charge in [0.15, 0.2) is 0 Å². The number of aliphatic hydroxyl groups is 2. The van der Waals surface area contributed by atoms with Crippen molar-refractivity contribution in [2.24, 2.45) is 0 Å². The molecule has 2 aromatic heterocycles. The molecule has 1 atom stereocenters. The fourth-order valence-corrected chi connectivity index (χ4v) is 2.68. The summed E-state index contributed by atoms with van der Waals surface area (Å²) in [5, 5.41) is 23.0. The van der Waals surface area contributed by atoms with E-state index in [0.717, 1.165) is 11.5 Å². The Labute approximate surface area is 139 Å². The lowest BCUT2D eigenvalue weighted by Gasteiger charge is -2.27. The van der Waals surface area contributed by atoms with Crippen LogP contribution in [0.25, 0.3) is 0 Å². The second-order valence-corrected chi connectivity index (χ2v) is 6.01. The molecule has 3 rings (SSSR count). The lowest BCUT2D eigenvalue weighted by atomic mass is 10.2. The molecule has 2 aromatic rings. The monoisotopic (exact) mass is 331 g/mol. The lowest BCUT2D eigenvalue weighted by Crippen LogP contribution is -2.38. The predicted octanol–water partition coefficient (Wildman–Crippen LogP) is 0.0258. The van der Waals surface area contributed by atoms with Crippen LogP contribution >= 0.6 is 0 Å². The first kappa shape index (κ1) is 16.4. The van der Waals surface area contributed by atoms with Crippen molar-refractivity contribution in [1.29, 1.82) is 0 Å². The van der Waals surface area contributed by atoms with Crippen molar-refractivity contribution >= 4 is 11.7 Å². The first-order valence-electron chi connectivity index (χ1n) is 7.78. The third-order valence-corrected chi connectivity index (χ3v) is 4.07. The molecule has 2 N–H and O–H groups in total. The van der Waals surface area contributed by atoms with Gasteiger partial charge in [-0.1, -0.05) is 0 Å². The van der Waals surface area contributed by atoms with Gasteiger partial charge < -0.3 is 20.0 Å². The van der Waals surface area contributed by atoms with Gasteiger partial charge in [0.1, 0.15) is 11.9 Å². The molecule has 1 aliphatic rings. The molecular weight excluding hydrogens is 310 g/mol.